The maximum Gasteiger partial charge on any atom is 0.338 e. The average Bonchev–Trinajstić information content (AvgIpc) is 3.39. The molecular weight excluding hydrogens is 535 g/mol. The highest BCUT2D eigenvalue weighted by atomic mass is 35.5. The van der Waals surface area contributed by atoms with Crippen molar-refractivity contribution in [3.05, 3.63) is 62.5 Å². The number of rotatable bonds is 8. The SMILES string of the molecule is CCOC(=O)C1=C(CN2C3COCC2CC(CC(=O)O)C3)NC(c2nccs2)=N[C@H]1c1ccc(F)cc1Cl. The Morgan fingerprint density at radius 2 is 2.08 bits per heavy atom. The number of aromatic nitrogens is 1. The molecule has 0 aliphatic carbocycles. The van der Waals surface area contributed by atoms with Crippen LogP contribution in [0.3, 0.4) is 0 Å². The van der Waals surface area contributed by atoms with E-state index in [0.717, 1.165) is 0 Å². The number of carbonyl (C=O) groups is 2. The van der Waals surface area contributed by atoms with Gasteiger partial charge in [-0.15, -0.1) is 11.3 Å². The topological polar surface area (TPSA) is 113 Å². The van der Waals surface area contributed by atoms with Crippen LogP contribution in [0.2, 0.25) is 5.02 Å². The number of aliphatic imine (C=N–C) groups is 1. The number of carbonyl (C=O) groups excluding carboxylic acids is 1. The Morgan fingerprint density at radius 3 is 2.71 bits per heavy atom. The molecular formula is C26H28ClFN4O5S. The summed E-state index contributed by atoms with van der Waals surface area (Å²) in [6, 6.07) is 3.19. The number of hydrogen-bond acceptors (Lipinski definition) is 9. The van der Waals surface area contributed by atoms with Crippen molar-refractivity contribution < 1.29 is 28.6 Å². The van der Waals surface area contributed by atoms with E-state index in [1.165, 1.54) is 29.5 Å². The second kappa shape index (κ2) is 11.5. The number of carboxylic acids is 1. The molecule has 2 aromatic rings. The van der Waals surface area contributed by atoms with Crippen molar-refractivity contribution in [2.45, 2.75) is 44.3 Å². The standard InChI is InChI=1S/C26H28ClFN4O5S/c1-2-37-26(35)22-20(11-32-16-7-14(9-21(33)34)8-17(32)13-36-12-16)30-24(25-29-5-6-38-25)31-23(22)18-4-3-15(28)10-19(18)27/h3-6,10,14,16-17,23H,2,7-9,11-13H2,1H3,(H,30,31)(H,33,34)/t14?,16?,17?,23-/m0/s1. The van der Waals surface area contributed by atoms with Crippen LogP contribution in [0.5, 0.6) is 0 Å². The van der Waals surface area contributed by atoms with E-state index in [0.29, 0.717) is 60.3 Å². The molecule has 5 rings (SSSR count). The number of hydrogen-bond donors (Lipinski definition) is 2. The van der Waals surface area contributed by atoms with E-state index in [4.69, 9.17) is 26.1 Å². The first kappa shape index (κ1) is 26.7. The summed E-state index contributed by atoms with van der Waals surface area (Å²) in [5, 5.41) is 15.3. The number of piperidine rings is 1. The summed E-state index contributed by atoms with van der Waals surface area (Å²) in [5.74, 6) is -1.28. The highest BCUT2D eigenvalue weighted by Crippen LogP contribution is 2.39. The summed E-state index contributed by atoms with van der Waals surface area (Å²) in [6.45, 7) is 3.23. The third-order valence-corrected chi connectivity index (χ3v) is 8.19. The normalized spacial score (nSPS) is 25.5. The maximum atomic E-state index is 13.9. The van der Waals surface area contributed by atoms with Gasteiger partial charge in [-0.25, -0.2) is 14.2 Å². The zero-order valence-corrected chi connectivity index (χ0v) is 22.3. The number of aliphatic carboxylic acids is 1. The zero-order chi connectivity index (χ0) is 26.8. The van der Waals surface area contributed by atoms with Crippen LogP contribution in [-0.2, 0) is 19.1 Å². The van der Waals surface area contributed by atoms with E-state index in [2.05, 4.69) is 15.2 Å². The number of thiazole rings is 1. The molecule has 3 atom stereocenters. The summed E-state index contributed by atoms with van der Waals surface area (Å²) in [7, 11) is 0. The molecule has 2 unspecified atom stereocenters. The summed E-state index contributed by atoms with van der Waals surface area (Å²) in [5.41, 5.74) is 1.38. The highest BCUT2D eigenvalue weighted by Gasteiger charge is 2.42. The van der Waals surface area contributed by atoms with Crippen molar-refractivity contribution in [3.8, 4) is 0 Å². The Morgan fingerprint density at radius 1 is 1.32 bits per heavy atom. The van der Waals surface area contributed by atoms with E-state index in [1.54, 1.807) is 13.1 Å². The Kier molecular flexibility index (Phi) is 8.08. The summed E-state index contributed by atoms with van der Waals surface area (Å²) < 4.78 is 25.2. The van der Waals surface area contributed by atoms with Crippen molar-refractivity contribution in [2.24, 2.45) is 10.9 Å². The molecule has 1 aromatic carbocycles. The fourth-order valence-electron chi connectivity index (χ4n) is 5.52. The number of nitrogens with one attached hydrogen (secondary N) is 1. The van der Waals surface area contributed by atoms with Crippen molar-refractivity contribution in [1.29, 1.82) is 0 Å². The third-order valence-electron chi connectivity index (χ3n) is 7.09. The molecule has 1 aromatic heterocycles. The third kappa shape index (κ3) is 5.61. The van der Waals surface area contributed by atoms with Gasteiger partial charge in [-0.3, -0.25) is 14.7 Å². The average molecular weight is 563 g/mol. The molecule has 12 heteroatoms. The zero-order valence-electron chi connectivity index (χ0n) is 20.7. The first-order chi connectivity index (χ1) is 18.3. The molecule has 0 spiro atoms. The Balaban J connectivity index is 1.55. The second-order valence-corrected chi connectivity index (χ2v) is 10.9. The Bertz CT molecular complexity index is 1260. The van der Waals surface area contributed by atoms with Gasteiger partial charge in [0, 0.05) is 52.9 Å². The van der Waals surface area contributed by atoms with E-state index in [-0.39, 0.29) is 36.1 Å². The van der Waals surface area contributed by atoms with Gasteiger partial charge < -0.3 is 19.9 Å². The number of esters is 1. The number of carboxylic acid groups (broad SMARTS) is 1. The number of ether oxygens (including phenoxy) is 2. The molecule has 2 N–H and O–H groups in total. The predicted molar refractivity (Wildman–Crippen MR) is 140 cm³/mol. The van der Waals surface area contributed by atoms with Crippen LogP contribution < -0.4 is 5.32 Å². The van der Waals surface area contributed by atoms with Crippen molar-refractivity contribution in [1.82, 2.24) is 15.2 Å². The number of morpholine rings is 1. The minimum absolute atomic E-state index is 0.000340. The number of halogens is 2. The van der Waals surface area contributed by atoms with Crippen LogP contribution >= 0.6 is 22.9 Å². The van der Waals surface area contributed by atoms with Crippen molar-refractivity contribution in [2.75, 3.05) is 26.4 Å². The lowest BCUT2D eigenvalue weighted by molar-refractivity contribution is -0.141. The van der Waals surface area contributed by atoms with Crippen LogP contribution in [0, 0.1) is 11.7 Å². The minimum atomic E-state index is -0.835. The smallest absolute Gasteiger partial charge is 0.338 e. The van der Waals surface area contributed by atoms with Crippen LogP contribution in [-0.4, -0.2) is 71.2 Å². The van der Waals surface area contributed by atoms with Crippen LogP contribution in [0.4, 0.5) is 4.39 Å². The molecule has 0 amide bonds. The molecule has 2 bridgehead atoms. The van der Waals surface area contributed by atoms with Crippen molar-refractivity contribution in [3.63, 3.8) is 0 Å². The van der Waals surface area contributed by atoms with Crippen molar-refractivity contribution >= 4 is 40.7 Å². The molecule has 2 fully saturated rings. The largest absolute Gasteiger partial charge is 0.481 e. The van der Waals surface area contributed by atoms with Gasteiger partial charge in [0.15, 0.2) is 10.8 Å². The van der Waals surface area contributed by atoms with Gasteiger partial charge in [0.1, 0.15) is 11.9 Å². The van der Waals surface area contributed by atoms with Crippen LogP contribution in [0.25, 0.3) is 0 Å². The van der Waals surface area contributed by atoms with Gasteiger partial charge in [0.05, 0.1) is 25.4 Å². The fraction of sp³-hybridized carbons (Fsp3) is 0.462. The number of amidine groups is 1. The number of nitrogens with zero attached hydrogens (tertiary/aromatic N) is 3. The molecule has 0 radical (unpaired) electrons. The molecule has 38 heavy (non-hydrogen) atoms. The predicted octanol–water partition coefficient (Wildman–Crippen LogP) is 3.80. The minimum Gasteiger partial charge on any atom is -0.481 e. The molecule has 3 aliphatic heterocycles. The van der Waals surface area contributed by atoms with E-state index < -0.39 is 23.8 Å². The van der Waals surface area contributed by atoms with Gasteiger partial charge >= 0.3 is 11.9 Å². The van der Waals surface area contributed by atoms with E-state index in [1.807, 2.05) is 5.38 Å². The summed E-state index contributed by atoms with van der Waals surface area (Å²) >= 11 is 7.86. The first-order valence-electron chi connectivity index (χ1n) is 12.5. The lowest BCUT2D eigenvalue weighted by Gasteiger charge is -2.49. The van der Waals surface area contributed by atoms with Crippen LogP contribution in [0.1, 0.15) is 42.8 Å². The van der Waals surface area contributed by atoms with Gasteiger partial charge in [-0.2, -0.15) is 0 Å². The van der Waals surface area contributed by atoms with Gasteiger partial charge in [-0.05, 0) is 37.8 Å². The molecule has 2 saturated heterocycles. The van der Waals surface area contributed by atoms with E-state index >= 15 is 0 Å². The molecule has 0 saturated carbocycles. The molecule has 9 nitrogen and oxygen atoms in total. The lowest BCUT2D eigenvalue weighted by atomic mass is 9.82. The van der Waals surface area contributed by atoms with Gasteiger partial charge in [0.25, 0.3) is 0 Å². The quantitative estimate of drug-likeness (QED) is 0.467. The van der Waals surface area contributed by atoms with Gasteiger partial charge in [-0.1, -0.05) is 17.7 Å². The monoisotopic (exact) mass is 562 g/mol. The summed E-state index contributed by atoms with van der Waals surface area (Å²) in [6.07, 6.45) is 3.17. The summed E-state index contributed by atoms with van der Waals surface area (Å²) in [4.78, 5) is 36.2. The Hall–Kier alpha value is -2.86. The number of benzene rings is 1. The molecule has 4 heterocycles. The fourth-order valence-corrected chi connectivity index (χ4v) is 6.38. The molecule has 3 aliphatic rings. The Labute approximate surface area is 228 Å². The highest BCUT2D eigenvalue weighted by molar-refractivity contribution is 7.11. The van der Waals surface area contributed by atoms with Crippen LogP contribution in [0.15, 0.2) is 46.0 Å². The maximum absolute atomic E-state index is 13.9. The number of fused-ring (bicyclic) bond motifs is 2. The molecule has 202 valence electrons. The van der Waals surface area contributed by atoms with E-state index in [9.17, 15) is 19.1 Å². The first-order valence-corrected chi connectivity index (χ1v) is 13.7. The van der Waals surface area contributed by atoms with Gasteiger partial charge in [0.2, 0.25) is 0 Å². The lowest BCUT2D eigenvalue weighted by Crippen LogP contribution is -2.58. The second-order valence-electron chi connectivity index (χ2n) is 9.57.